The Kier molecular flexibility index (Phi) is 4.71. The van der Waals surface area contributed by atoms with Crippen molar-refractivity contribution in [3.05, 3.63) is 48.8 Å². The normalized spacial score (nSPS) is 22.3. The van der Waals surface area contributed by atoms with Crippen LogP contribution in [-0.2, 0) is 9.84 Å². The van der Waals surface area contributed by atoms with Crippen molar-refractivity contribution in [2.45, 2.75) is 29.8 Å². The van der Waals surface area contributed by atoms with Crippen LogP contribution in [0.4, 0.5) is 11.4 Å². The molecule has 158 valence electrons. The zero-order valence-electron chi connectivity index (χ0n) is 17.1. The van der Waals surface area contributed by atoms with E-state index in [2.05, 4.69) is 32.7 Å². The van der Waals surface area contributed by atoms with Gasteiger partial charge in [0.15, 0.2) is 9.84 Å². The predicted molar refractivity (Wildman–Crippen MR) is 120 cm³/mol. The molecular formula is C22H27N5O2S. The molecule has 3 aromatic rings. The van der Waals surface area contributed by atoms with Gasteiger partial charge in [0.25, 0.3) is 0 Å². The topological polar surface area (TPSA) is 84.5 Å². The largest absolute Gasteiger partial charge is 0.368 e. The van der Waals surface area contributed by atoms with Crippen LogP contribution in [0, 0.1) is 0 Å². The van der Waals surface area contributed by atoms with Crippen LogP contribution in [0.15, 0.2) is 53.7 Å². The monoisotopic (exact) mass is 425 g/mol. The van der Waals surface area contributed by atoms with E-state index in [0.717, 1.165) is 56.0 Å². The lowest BCUT2D eigenvalue weighted by Gasteiger charge is -2.37. The number of rotatable bonds is 4. The average molecular weight is 426 g/mol. The molecule has 0 spiro atoms. The lowest BCUT2D eigenvalue weighted by Crippen LogP contribution is -2.46. The van der Waals surface area contributed by atoms with Crippen LogP contribution >= 0.6 is 0 Å². The molecule has 2 aliphatic rings. The molecule has 3 heterocycles. The van der Waals surface area contributed by atoms with Crippen molar-refractivity contribution in [1.29, 1.82) is 0 Å². The highest BCUT2D eigenvalue weighted by atomic mass is 32.2. The zero-order chi connectivity index (χ0) is 20.9. The minimum absolute atomic E-state index is 0.325. The van der Waals surface area contributed by atoms with Gasteiger partial charge >= 0.3 is 0 Å². The summed E-state index contributed by atoms with van der Waals surface area (Å²) in [7, 11) is -3.16. The Balaban J connectivity index is 1.27. The molecule has 1 aliphatic carbocycles. The van der Waals surface area contributed by atoms with Gasteiger partial charge in [-0.05, 0) is 49.2 Å². The Hall–Kier alpha value is -2.58. The average Bonchev–Trinajstić information content (AvgIpc) is 3.14. The molecule has 7 nitrogen and oxygen atoms in total. The number of piperazine rings is 1. The van der Waals surface area contributed by atoms with E-state index >= 15 is 0 Å². The molecule has 0 unspecified atom stereocenters. The van der Waals surface area contributed by atoms with Crippen molar-refractivity contribution < 1.29 is 8.42 Å². The second-order valence-electron chi connectivity index (χ2n) is 8.45. The van der Waals surface area contributed by atoms with Gasteiger partial charge in [0.05, 0.1) is 16.8 Å². The van der Waals surface area contributed by atoms with Gasteiger partial charge in [0.1, 0.15) is 5.65 Å². The first-order chi connectivity index (χ1) is 14.4. The number of sulfone groups is 1. The Labute approximate surface area is 177 Å². The van der Waals surface area contributed by atoms with E-state index in [0.29, 0.717) is 17.0 Å². The second-order valence-corrected chi connectivity index (χ2v) is 10.5. The number of hydrogen-bond donors (Lipinski definition) is 1. The van der Waals surface area contributed by atoms with Gasteiger partial charge in [-0.1, -0.05) is 0 Å². The van der Waals surface area contributed by atoms with Gasteiger partial charge in [-0.15, -0.1) is 0 Å². The van der Waals surface area contributed by atoms with Crippen molar-refractivity contribution in [1.82, 2.24) is 9.55 Å². The highest BCUT2D eigenvalue weighted by Crippen LogP contribution is 2.34. The van der Waals surface area contributed by atoms with Gasteiger partial charge in [0, 0.05) is 61.8 Å². The first-order valence-electron chi connectivity index (χ1n) is 10.4. The quantitative estimate of drug-likeness (QED) is 0.691. The molecule has 30 heavy (non-hydrogen) atoms. The number of pyridine rings is 1. The molecule has 1 aliphatic heterocycles. The highest BCUT2D eigenvalue weighted by Gasteiger charge is 2.28. The van der Waals surface area contributed by atoms with Crippen LogP contribution in [0.1, 0.15) is 18.9 Å². The fourth-order valence-corrected chi connectivity index (χ4v) is 5.11. The van der Waals surface area contributed by atoms with Crippen LogP contribution in [0.5, 0.6) is 0 Å². The number of aromatic nitrogens is 2. The molecule has 8 heteroatoms. The first kappa shape index (κ1) is 19.4. The Bertz CT molecular complexity index is 1160. The molecule has 0 bridgehead atoms. The van der Waals surface area contributed by atoms with Crippen molar-refractivity contribution in [3.8, 4) is 0 Å². The summed E-state index contributed by atoms with van der Waals surface area (Å²) in [6.07, 6.45) is 7.41. The molecule has 2 N–H and O–H groups in total. The van der Waals surface area contributed by atoms with Crippen molar-refractivity contribution in [3.63, 3.8) is 0 Å². The summed E-state index contributed by atoms with van der Waals surface area (Å²) in [5.41, 5.74) is 9.20. The van der Waals surface area contributed by atoms with E-state index in [9.17, 15) is 8.42 Å². The lowest BCUT2D eigenvalue weighted by molar-refractivity contribution is 0.272. The van der Waals surface area contributed by atoms with Crippen molar-refractivity contribution >= 4 is 32.2 Å². The minimum atomic E-state index is -3.16. The van der Waals surface area contributed by atoms with Crippen LogP contribution in [0.25, 0.3) is 11.0 Å². The highest BCUT2D eigenvalue weighted by molar-refractivity contribution is 7.90. The van der Waals surface area contributed by atoms with E-state index in [1.165, 1.54) is 11.6 Å². The van der Waals surface area contributed by atoms with Crippen LogP contribution < -0.4 is 15.5 Å². The maximum absolute atomic E-state index is 11.7. The van der Waals surface area contributed by atoms with E-state index in [1.807, 2.05) is 18.3 Å². The van der Waals surface area contributed by atoms with Crippen LogP contribution in [-0.4, -0.2) is 56.4 Å². The third kappa shape index (κ3) is 3.54. The summed E-state index contributed by atoms with van der Waals surface area (Å²) in [5, 5.41) is 1.17. The number of fused-ring (bicyclic) bond motifs is 1. The number of hydrogen-bond acceptors (Lipinski definition) is 6. The molecule has 1 saturated carbocycles. The fourth-order valence-electron chi connectivity index (χ4n) is 4.48. The van der Waals surface area contributed by atoms with Crippen LogP contribution in [0.2, 0.25) is 0 Å². The van der Waals surface area contributed by atoms with Crippen molar-refractivity contribution in [2.24, 2.45) is 5.73 Å². The molecule has 1 saturated heterocycles. The SMILES string of the molecule is CS(=O)(=O)c1ccc(N2CCN(c3cnc4c(ccn4C4CC(N)C4)c3)CC2)cc1. The third-order valence-corrected chi connectivity index (χ3v) is 7.49. The molecular weight excluding hydrogens is 398 g/mol. The first-order valence-corrected chi connectivity index (χ1v) is 12.3. The summed E-state index contributed by atoms with van der Waals surface area (Å²) < 4.78 is 25.6. The Morgan fingerprint density at radius 1 is 0.967 bits per heavy atom. The van der Waals surface area contributed by atoms with E-state index in [4.69, 9.17) is 10.7 Å². The van der Waals surface area contributed by atoms with Gasteiger partial charge in [-0.25, -0.2) is 13.4 Å². The number of benzene rings is 1. The maximum Gasteiger partial charge on any atom is 0.175 e. The molecule has 5 rings (SSSR count). The number of anilines is 2. The number of nitrogens with two attached hydrogens (primary N) is 1. The Morgan fingerprint density at radius 3 is 2.20 bits per heavy atom. The fraction of sp³-hybridized carbons (Fsp3) is 0.409. The van der Waals surface area contributed by atoms with Gasteiger partial charge in [-0.3, -0.25) is 0 Å². The maximum atomic E-state index is 11.7. The smallest absolute Gasteiger partial charge is 0.175 e. The van der Waals surface area contributed by atoms with Gasteiger partial charge in [-0.2, -0.15) is 0 Å². The van der Waals surface area contributed by atoms with E-state index < -0.39 is 9.84 Å². The molecule has 0 radical (unpaired) electrons. The third-order valence-electron chi connectivity index (χ3n) is 6.36. The van der Waals surface area contributed by atoms with Gasteiger partial charge < -0.3 is 20.1 Å². The van der Waals surface area contributed by atoms with E-state index in [1.54, 1.807) is 12.1 Å². The molecule has 1 aromatic carbocycles. The van der Waals surface area contributed by atoms with Gasteiger partial charge in [0.2, 0.25) is 0 Å². The molecule has 2 aromatic heterocycles. The summed E-state index contributed by atoms with van der Waals surface area (Å²) in [5.74, 6) is 0. The van der Waals surface area contributed by atoms with Crippen LogP contribution in [0.3, 0.4) is 0 Å². The summed E-state index contributed by atoms with van der Waals surface area (Å²) >= 11 is 0. The predicted octanol–water partition coefficient (Wildman–Crippen LogP) is 2.43. The molecule has 2 fully saturated rings. The standard InChI is InChI=1S/C22H27N5O2S/c1-30(28,29)21-4-2-18(3-5-21)25-8-10-26(11-9-25)20-12-16-6-7-27(22(16)24-15-20)19-13-17(23)14-19/h2-7,12,15,17,19H,8-11,13-14,23H2,1H3. The van der Waals surface area contributed by atoms with Crippen molar-refractivity contribution in [2.75, 3.05) is 42.2 Å². The second kappa shape index (κ2) is 7.28. The summed E-state index contributed by atoms with van der Waals surface area (Å²) in [4.78, 5) is 9.79. The molecule has 0 amide bonds. The molecule has 0 atom stereocenters. The summed E-state index contributed by atoms with van der Waals surface area (Å²) in [6, 6.07) is 12.4. The summed E-state index contributed by atoms with van der Waals surface area (Å²) in [6.45, 7) is 3.58. The minimum Gasteiger partial charge on any atom is -0.368 e. The number of nitrogens with zero attached hydrogens (tertiary/aromatic N) is 4. The lowest BCUT2D eigenvalue weighted by atomic mass is 9.87. The Morgan fingerprint density at radius 2 is 1.60 bits per heavy atom. The van der Waals surface area contributed by atoms with E-state index in [-0.39, 0.29) is 0 Å². The zero-order valence-corrected chi connectivity index (χ0v) is 17.9.